The zero-order valence-electron chi connectivity index (χ0n) is 10.2. The highest BCUT2D eigenvalue weighted by Crippen LogP contribution is 2.39. The molecule has 90 valence electrons. The fourth-order valence-corrected chi connectivity index (χ4v) is 2.37. The summed E-state index contributed by atoms with van der Waals surface area (Å²) in [6.45, 7) is 8.00. The molecule has 0 fully saturated rings. The lowest BCUT2D eigenvalue weighted by Crippen LogP contribution is -2.05. The Morgan fingerprint density at radius 3 is 2.31 bits per heavy atom. The van der Waals surface area contributed by atoms with Crippen molar-refractivity contribution in [2.75, 3.05) is 6.61 Å². The second kappa shape index (κ2) is 5.19. The van der Waals surface area contributed by atoms with E-state index in [0.717, 1.165) is 21.2 Å². The number of phenols is 1. The Hall–Kier alpha value is -0.540. The number of rotatable bonds is 3. The van der Waals surface area contributed by atoms with Crippen LogP contribution in [0.15, 0.2) is 10.5 Å². The lowest BCUT2D eigenvalue weighted by molar-refractivity contribution is 0.269. The predicted octanol–water partition coefficient (Wildman–Crippen LogP) is 3.68. The van der Waals surface area contributed by atoms with Crippen molar-refractivity contribution < 1.29 is 10.2 Å². The molecule has 0 aromatic heterocycles. The SMILES string of the molecule is Cc1c(Br)cc(C(C)C)c(O)c1C(C)CO. The van der Waals surface area contributed by atoms with Crippen LogP contribution in [-0.2, 0) is 0 Å². The molecular weight excluding hydrogens is 268 g/mol. The van der Waals surface area contributed by atoms with Crippen LogP contribution >= 0.6 is 15.9 Å². The fourth-order valence-electron chi connectivity index (χ4n) is 1.91. The second-order valence-corrected chi connectivity index (χ2v) is 5.43. The monoisotopic (exact) mass is 286 g/mol. The zero-order valence-corrected chi connectivity index (χ0v) is 11.8. The van der Waals surface area contributed by atoms with Gasteiger partial charge in [0, 0.05) is 22.6 Å². The van der Waals surface area contributed by atoms with Crippen LogP contribution in [0.25, 0.3) is 0 Å². The first kappa shape index (κ1) is 13.5. The highest BCUT2D eigenvalue weighted by Gasteiger charge is 2.19. The number of aliphatic hydroxyl groups is 1. The molecule has 16 heavy (non-hydrogen) atoms. The predicted molar refractivity (Wildman–Crippen MR) is 70.1 cm³/mol. The van der Waals surface area contributed by atoms with Crippen molar-refractivity contribution in [2.24, 2.45) is 0 Å². The minimum atomic E-state index is -0.0463. The van der Waals surface area contributed by atoms with E-state index in [1.165, 1.54) is 0 Å². The molecule has 2 N–H and O–H groups in total. The van der Waals surface area contributed by atoms with E-state index in [9.17, 15) is 10.2 Å². The molecule has 1 unspecified atom stereocenters. The molecule has 0 aliphatic carbocycles. The standard InChI is InChI=1S/C13H19BrO2/c1-7(2)10-5-11(14)9(4)12(13(10)16)8(3)6-15/h5,7-8,15-16H,6H2,1-4H3. The highest BCUT2D eigenvalue weighted by molar-refractivity contribution is 9.10. The third-order valence-corrected chi connectivity index (χ3v) is 3.79. The molecule has 0 amide bonds. The van der Waals surface area contributed by atoms with E-state index in [4.69, 9.17) is 0 Å². The molecule has 1 aromatic rings. The summed E-state index contributed by atoms with van der Waals surface area (Å²) in [5.41, 5.74) is 2.77. The Morgan fingerprint density at radius 2 is 1.88 bits per heavy atom. The smallest absolute Gasteiger partial charge is 0.122 e. The average Bonchev–Trinajstić information content (AvgIpc) is 2.22. The first-order valence-electron chi connectivity index (χ1n) is 5.52. The van der Waals surface area contributed by atoms with Gasteiger partial charge >= 0.3 is 0 Å². The lowest BCUT2D eigenvalue weighted by Gasteiger charge is -2.20. The quantitative estimate of drug-likeness (QED) is 0.890. The molecule has 0 aliphatic heterocycles. The van der Waals surface area contributed by atoms with Crippen LogP contribution in [0.5, 0.6) is 5.75 Å². The third kappa shape index (κ3) is 2.41. The van der Waals surface area contributed by atoms with Crippen LogP contribution in [-0.4, -0.2) is 16.8 Å². The van der Waals surface area contributed by atoms with Crippen LogP contribution < -0.4 is 0 Å². The first-order chi connectivity index (χ1) is 7.40. The average molecular weight is 287 g/mol. The van der Waals surface area contributed by atoms with Gasteiger partial charge in [0.2, 0.25) is 0 Å². The van der Waals surface area contributed by atoms with Gasteiger partial charge in [-0.15, -0.1) is 0 Å². The Kier molecular flexibility index (Phi) is 4.39. The van der Waals surface area contributed by atoms with Gasteiger partial charge in [-0.3, -0.25) is 0 Å². The van der Waals surface area contributed by atoms with Gasteiger partial charge < -0.3 is 10.2 Å². The third-order valence-electron chi connectivity index (χ3n) is 2.96. The summed E-state index contributed by atoms with van der Waals surface area (Å²) in [6, 6.07) is 1.96. The highest BCUT2D eigenvalue weighted by atomic mass is 79.9. The van der Waals surface area contributed by atoms with Crippen LogP contribution in [0.3, 0.4) is 0 Å². The summed E-state index contributed by atoms with van der Waals surface area (Å²) in [6.07, 6.45) is 0. The molecule has 0 aliphatic rings. The number of hydrogen-bond acceptors (Lipinski definition) is 2. The number of halogens is 1. The van der Waals surface area contributed by atoms with Crippen molar-refractivity contribution in [2.45, 2.75) is 39.5 Å². The number of phenolic OH excluding ortho intramolecular Hbond substituents is 1. The van der Waals surface area contributed by atoms with Crippen LogP contribution in [0.2, 0.25) is 0 Å². The minimum absolute atomic E-state index is 0.0440. The molecule has 2 nitrogen and oxygen atoms in total. The Bertz CT molecular complexity index is 386. The van der Waals surface area contributed by atoms with E-state index in [1.54, 1.807) is 0 Å². The Labute approximate surface area is 105 Å². The number of benzene rings is 1. The molecule has 0 saturated heterocycles. The van der Waals surface area contributed by atoms with Gasteiger partial charge in [-0.05, 0) is 30.0 Å². The molecule has 3 heteroatoms. The van der Waals surface area contributed by atoms with Crippen molar-refractivity contribution in [3.8, 4) is 5.75 Å². The maximum absolute atomic E-state index is 10.2. The molecule has 1 aromatic carbocycles. The van der Waals surface area contributed by atoms with E-state index in [1.807, 2.05) is 33.8 Å². The minimum Gasteiger partial charge on any atom is -0.507 e. The van der Waals surface area contributed by atoms with Gasteiger partial charge in [-0.1, -0.05) is 36.7 Å². The fraction of sp³-hybridized carbons (Fsp3) is 0.538. The maximum atomic E-state index is 10.2. The number of aromatic hydroxyl groups is 1. The summed E-state index contributed by atoms with van der Waals surface area (Å²) >= 11 is 3.50. The molecule has 0 radical (unpaired) electrons. The summed E-state index contributed by atoms with van der Waals surface area (Å²) in [5, 5.41) is 19.5. The molecule has 0 bridgehead atoms. The normalized spacial score (nSPS) is 13.2. The van der Waals surface area contributed by atoms with Crippen molar-refractivity contribution >= 4 is 15.9 Å². The maximum Gasteiger partial charge on any atom is 0.122 e. The van der Waals surface area contributed by atoms with Crippen LogP contribution in [0.4, 0.5) is 0 Å². The molecule has 1 rings (SSSR count). The lowest BCUT2D eigenvalue weighted by atomic mass is 9.90. The molecule has 0 saturated carbocycles. The van der Waals surface area contributed by atoms with Gasteiger partial charge in [0.1, 0.15) is 5.75 Å². The molecule has 0 heterocycles. The van der Waals surface area contributed by atoms with Gasteiger partial charge in [0.05, 0.1) is 0 Å². The van der Waals surface area contributed by atoms with E-state index in [2.05, 4.69) is 15.9 Å². The van der Waals surface area contributed by atoms with Crippen LogP contribution in [0.1, 0.15) is 49.3 Å². The second-order valence-electron chi connectivity index (χ2n) is 4.57. The summed E-state index contributed by atoms with van der Waals surface area (Å²) in [7, 11) is 0. The van der Waals surface area contributed by atoms with E-state index >= 15 is 0 Å². The summed E-state index contributed by atoms with van der Waals surface area (Å²) in [4.78, 5) is 0. The van der Waals surface area contributed by atoms with E-state index in [-0.39, 0.29) is 18.4 Å². The van der Waals surface area contributed by atoms with Gasteiger partial charge in [-0.25, -0.2) is 0 Å². The van der Waals surface area contributed by atoms with E-state index < -0.39 is 0 Å². The molecule has 1 atom stereocenters. The largest absolute Gasteiger partial charge is 0.507 e. The summed E-state index contributed by atoms with van der Waals surface area (Å²) in [5.74, 6) is 0.550. The van der Waals surface area contributed by atoms with Gasteiger partial charge in [0.25, 0.3) is 0 Å². The van der Waals surface area contributed by atoms with Crippen molar-refractivity contribution in [3.63, 3.8) is 0 Å². The number of hydrogen-bond donors (Lipinski definition) is 2. The van der Waals surface area contributed by atoms with Gasteiger partial charge in [-0.2, -0.15) is 0 Å². The van der Waals surface area contributed by atoms with E-state index in [0.29, 0.717) is 5.75 Å². The number of aliphatic hydroxyl groups excluding tert-OH is 1. The van der Waals surface area contributed by atoms with Gasteiger partial charge in [0.15, 0.2) is 0 Å². The first-order valence-corrected chi connectivity index (χ1v) is 6.32. The van der Waals surface area contributed by atoms with Crippen molar-refractivity contribution in [1.82, 2.24) is 0 Å². The van der Waals surface area contributed by atoms with Crippen molar-refractivity contribution in [1.29, 1.82) is 0 Å². The zero-order chi connectivity index (χ0) is 12.5. The summed E-state index contributed by atoms with van der Waals surface area (Å²) < 4.78 is 0.990. The molecular formula is C13H19BrO2. The topological polar surface area (TPSA) is 40.5 Å². The van der Waals surface area contributed by atoms with Crippen molar-refractivity contribution in [3.05, 3.63) is 27.2 Å². The van der Waals surface area contributed by atoms with Crippen LogP contribution in [0, 0.1) is 6.92 Å². The molecule has 0 spiro atoms. The Morgan fingerprint density at radius 1 is 1.31 bits per heavy atom. The Balaban J connectivity index is 3.45.